The Labute approximate surface area is 122 Å². The summed E-state index contributed by atoms with van der Waals surface area (Å²) in [5.41, 5.74) is 6.39. The summed E-state index contributed by atoms with van der Waals surface area (Å²) in [6.45, 7) is 0.498. The van der Waals surface area contributed by atoms with E-state index in [-0.39, 0.29) is 11.9 Å². The smallest absolute Gasteiger partial charge is 0.253 e. The molecule has 0 radical (unpaired) electrons. The first-order valence-corrected chi connectivity index (χ1v) is 7.61. The highest BCUT2D eigenvalue weighted by molar-refractivity contribution is 9.10. The monoisotopic (exact) mass is 325 g/mol. The van der Waals surface area contributed by atoms with Crippen LogP contribution in [0.25, 0.3) is 0 Å². The SMILES string of the molecule is NCC(NC(=O)c1cncc(Br)c1)C1CCCCC1. The number of nitrogens with one attached hydrogen (secondary N) is 1. The predicted molar refractivity (Wildman–Crippen MR) is 78.8 cm³/mol. The molecule has 1 atom stereocenters. The number of pyridine rings is 1. The van der Waals surface area contributed by atoms with Gasteiger partial charge in [0.05, 0.1) is 5.56 Å². The van der Waals surface area contributed by atoms with E-state index in [0.717, 1.165) is 4.47 Å². The number of hydrogen-bond acceptors (Lipinski definition) is 3. The summed E-state index contributed by atoms with van der Waals surface area (Å²) in [6.07, 6.45) is 9.37. The molecule has 1 unspecified atom stereocenters. The molecule has 104 valence electrons. The normalized spacial score (nSPS) is 18.0. The first-order chi connectivity index (χ1) is 9.20. The van der Waals surface area contributed by atoms with Crippen LogP contribution in [0.5, 0.6) is 0 Å². The summed E-state index contributed by atoms with van der Waals surface area (Å²) >= 11 is 3.32. The van der Waals surface area contributed by atoms with Gasteiger partial charge in [0.1, 0.15) is 0 Å². The van der Waals surface area contributed by atoms with Gasteiger partial charge in [-0.05, 0) is 40.8 Å². The Morgan fingerprint density at radius 3 is 2.79 bits per heavy atom. The van der Waals surface area contributed by atoms with Crippen molar-refractivity contribution in [2.75, 3.05) is 6.54 Å². The van der Waals surface area contributed by atoms with Gasteiger partial charge in [-0.1, -0.05) is 19.3 Å². The molecule has 1 aliphatic carbocycles. The number of halogens is 1. The quantitative estimate of drug-likeness (QED) is 0.893. The average molecular weight is 326 g/mol. The average Bonchev–Trinajstić information content (AvgIpc) is 2.45. The van der Waals surface area contributed by atoms with Crippen LogP contribution < -0.4 is 11.1 Å². The second-order valence-corrected chi connectivity index (χ2v) is 6.02. The fraction of sp³-hybridized carbons (Fsp3) is 0.571. The van der Waals surface area contributed by atoms with E-state index in [2.05, 4.69) is 26.2 Å². The second-order valence-electron chi connectivity index (χ2n) is 5.11. The number of hydrogen-bond donors (Lipinski definition) is 2. The first-order valence-electron chi connectivity index (χ1n) is 6.82. The third kappa shape index (κ3) is 4.01. The van der Waals surface area contributed by atoms with Crippen molar-refractivity contribution in [1.29, 1.82) is 0 Å². The largest absolute Gasteiger partial charge is 0.348 e. The van der Waals surface area contributed by atoms with Crippen molar-refractivity contribution in [3.05, 3.63) is 28.5 Å². The molecular weight excluding hydrogens is 306 g/mol. The molecule has 0 aromatic carbocycles. The van der Waals surface area contributed by atoms with E-state index < -0.39 is 0 Å². The van der Waals surface area contributed by atoms with E-state index in [9.17, 15) is 4.79 Å². The Kier molecular flexibility index (Phi) is 5.34. The molecule has 1 saturated carbocycles. The van der Waals surface area contributed by atoms with Gasteiger partial charge in [0.25, 0.3) is 5.91 Å². The van der Waals surface area contributed by atoms with Crippen LogP contribution in [0.2, 0.25) is 0 Å². The van der Waals surface area contributed by atoms with Gasteiger partial charge in [-0.2, -0.15) is 0 Å². The zero-order valence-corrected chi connectivity index (χ0v) is 12.5. The van der Waals surface area contributed by atoms with Crippen LogP contribution in [-0.4, -0.2) is 23.5 Å². The summed E-state index contributed by atoms with van der Waals surface area (Å²) in [4.78, 5) is 16.2. The highest BCUT2D eigenvalue weighted by Crippen LogP contribution is 2.26. The van der Waals surface area contributed by atoms with Gasteiger partial charge in [0, 0.05) is 29.5 Å². The summed E-state index contributed by atoms with van der Waals surface area (Å²) < 4.78 is 0.808. The van der Waals surface area contributed by atoms with Crippen molar-refractivity contribution in [2.45, 2.75) is 38.1 Å². The maximum Gasteiger partial charge on any atom is 0.253 e. The molecule has 0 saturated heterocycles. The molecule has 1 amide bonds. The Balaban J connectivity index is 1.99. The molecule has 1 heterocycles. The van der Waals surface area contributed by atoms with Gasteiger partial charge in [0.15, 0.2) is 0 Å². The molecule has 1 fully saturated rings. The zero-order chi connectivity index (χ0) is 13.7. The van der Waals surface area contributed by atoms with Crippen LogP contribution in [-0.2, 0) is 0 Å². The molecule has 0 aliphatic heterocycles. The lowest BCUT2D eigenvalue weighted by Gasteiger charge is -2.30. The minimum absolute atomic E-state index is 0.0757. The number of nitrogens with zero attached hydrogens (tertiary/aromatic N) is 1. The van der Waals surface area contributed by atoms with Crippen molar-refractivity contribution in [3.63, 3.8) is 0 Å². The molecule has 1 aliphatic rings. The van der Waals surface area contributed by atoms with Crippen LogP contribution in [0.3, 0.4) is 0 Å². The van der Waals surface area contributed by atoms with Crippen molar-refractivity contribution < 1.29 is 4.79 Å². The molecule has 3 N–H and O–H groups in total. The van der Waals surface area contributed by atoms with Crippen LogP contribution in [0.15, 0.2) is 22.9 Å². The number of aromatic nitrogens is 1. The summed E-state index contributed by atoms with van der Waals surface area (Å²) in [7, 11) is 0. The topological polar surface area (TPSA) is 68.0 Å². The van der Waals surface area contributed by atoms with Gasteiger partial charge < -0.3 is 11.1 Å². The molecule has 19 heavy (non-hydrogen) atoms. The number of rotatable bonds is 4. The molecule has 5 heteroatoms. The van der Waals surface area contributed by atoms with Crippen molar-refractivity contribution in [1.82, 2.24) is 10.3 Å². The van der Waals surface area contributed by atoms with Gasteiger partial charge in [-0.3, -0.25) is 9.78 Å². The van der Waals surface area contributed by atoms with Crippen molar-refractivity contribution in [3.8, 4) is 0 Å². The van der Waals surface area contributed by atoms with Crippen LogP contribution >= 0.6 is 15.9 Å². The lowest BCUT2D eigenvalue weighted by molar-refractivity contribution is 0.0915. The number of nitrogens with two attached hydrogens (primary N) is 1. The highest BCUT2D eigenvalue weighted by Gasteiger charge is 2.24. The van der Waals surface area contributed by atoms with Gasteiger partial charge in [0.2, 0.25) is 0 Å². The molecule has 0 spiro atoms. The Morgan fingerprint density at radius 1 is 1.42 bits per heavy atom. The Hall–Kier alpha value is -0.940. The number of amides is 1. The third-order valence-corrected chi connectivity index (χ3v) is 4.19. The van der Waals surface area contributed by atoms with Gasteiger partial charge >= 0.3 is 0 Å². The van der Waals surface area contributed by atoms with Crippen molar-refractivity contribution in [2.24, 2.45) is 11.7 Å². The van der Waals surface area contributed by atoms with Crippen molar-refractivity contribution >= 4 is 21.8 Å². The Bertz CT molecular complexity index is 432. The molecule has 4 nitrogen and oxygen atoms in total. The van der Waals surface area contributed by atoms with Crippen LogP contribution in [0.1, 0.15) is 42.5 Å². The maximum absolute atomic E-state index is 12.2. The zero-order valence-electron chi connectivity index (χ0n) is 10.9. The van der Waals surface area contributed by atoms with Gasteiger partial charge in [-0.25, -0.2) is 0 Å². The fourth-order valence-corrected chi connectivity index (χ4v) is 3.06. The standard InChI is InChI=1S/C14H20BrN3O/c15-12-6-11(8-17-9-12)14(19)18-13(7-16)10-4-2-1-3-5-10/h6,8-10,13H,1-5,7,16H2,(H,18,19). The Morgan fingerprint density at radius 2 is 2.16 bits per heavy atom. The number of carbonyl (C=O) groups is 1. The van der Waals surface area contributed by atoms with E-state index in [1.165, 1.54) is 32.1 Å². The van der Waals surface area contributed by atoms with E-state index in [4.69, 9.17) is 5.73 Å². The van der Waals surface area contributed by atoms with E-state index in [1.807, 2.05) is 0 Å². The van der Waals surface area contributed by atoms with E-state index in [0.29, 0.717) is 18.0 Å². The van der Waals surface area contributed by atoms with Crippen LogP contribution in [0.4, 0.5) is 0 Å². The summed E-state index contributed by atoms with van der Waals surface area (Å²) in [5, 5.41) is 3.06. The highest BCUT2D eigenvalue weighted by atomic mass is 79.9. The van der Waals surface area contributed by atoms with Crippen LogP contribution in [0, 0.1) is 5.92 Å². The van der Waals surface area contributed by atoms with Gasteiger partial charge in [-0.15, -0.1) is 0 Å². The fourth-order valence-electron chi connectivity index (χ4n) is 2.69. The molecule has 2 rings (SSSR count). The lowest BCUT2D eigenvalue weighted by Crippen LogP contribution is -2.45. The summed E-state index contributed by atoms with van der Waals surface area (Å²) in [6, 6.07) is 1.85. The second kappa shape index (κ2) is 7.01. The lowest BCUT2D eigenvalue weighted by atomic mass is 9.84. The molecule has 1 aromatic rings. The summed E-state index contributed by atoms with van der Waals surface area (Å²) in [5.74, 6) is 0.428. The minimum Gasteiger partial charge on any atom is -0.348 e. The predicted octanol–water partition coefficient (Wildman–Crippen LogP) is 2.48. The third-order valence-electron chi connectivity index (χ3n) is 3.76. The molecule has 0 bridgehead atoms. The van der Waals surface area contributed by atoms with E-state index in [1.54, 1.807) is 18.5 Å². The maximum atomic E-state index is 12.2. The van der Waals surface area contributed by atoms with E-state index >= 15 is 0 Å². The number of carbonyl (C=O) groups excluding carboxylic acids is 1. The first kappa shape index (κ1) is 14.5. The minimum atomic E-state index is -0.0881. The molecule has 1 aromatic heterocycles. The molecular formula is C14H20BrN3O.